The summed E-state index contributed by atoms with van der Waals surface area (Å²) in [5, 5.41) is 4.78. The Labute approximate surface area is 147 Å². The minimum absolute atomic E-state index is 0.329. The van der Waals surface area contributed by atoms with Crippen molar-refractivity contribution in [3.63, 3.8) is 0 Å². The summed E-state index contributed by atoms with van der Waals surface area (Å²) in [6, 6.07) is 18.8. The highest BCUT2D eigenvalue weighted by molar-refractivity contribution is 5.90. The number of methoxy groups -OCH3 is 1. The van der Waals surface area contributed by atoms with Crippen molar-refractivity contribution < 1.29 is 19.5 Å². The lowest BCUT2D eigenvalue weighted by molar-refractivity contribution is -0.669. The van der Waals surface area contributed by atoms with Crippen molar-refractivity contribution >= 4 is 10.8 Å². The molecule has 4 heteroatoms. The number of hydrogen-bond donors (Lipinski definition) is 1. The summed E-state index contributed by atoms with van der Waals surface area (Å²) in [4.78, 5) is 0. The highest BCUT2D eigenvalue weighted by Crippen LogP contribution is 2.32. The Balaban J connectivity index is 1.40. The molecule has 4 nitrogen and oxygen atoms in total. The van der Waals surface area contributed by atoms with E-state index in [1.807, 2.05) is 6.07 Å². The summed E-state index contributed by atoms with van der Waals surface area (Å²) in [6.07, 6.45) is 1.00. The van der Waals surface area contributed by atoms with Crippen LogP contribution in [0.15, 0.2) is 54.6 Å². The number of benzene rings is 3. The van der Waals surface area contributed by atoms with Gasteiger partial charge in [-0.1, -0.05) is 30.3 Å². The first kappa shape index (κ1) is 15.8. The van der Waals surface area contributed by atoms with Gasteiger partial charge >= 0.3 is 0 Å². The van der Waals surface area contributed by atoms with E-state index >= 15 is 0 Å². The quantitative estimate of drug-likeness (QED) is 0.704. The Morgan fingerprint density at radius 1 is 0.960 bits per heavy atom. The molecule has 0 aliphatic carbocycles. The predicted octanol–water partition coefficient (Wildman–Crippen LogP) is 2.88. The summed E-state index contributed by atoms with van der Waals surface area (Å²) in [7, 11) is 1.72. The van der Waals surface area contributed by atoms with Gasteiger partial charge in [-0.3, -0.25) is 0 Å². The molecule has 0 amide bonds. The van der Waals surface area contributed by atoms with E-state index in [-0.39, 0.29) is 0 Å². The molecule has 3 aromatic carbocycles. The molecule has 4 rings (SSSR count). The molecular formula is C21H22NO3+. The molecule has 2 N–H and O–H groups in total. The predicted molar refractivity (Wildman–Crippen MR) is 97.3 cm³/mol. The zero-order chi connectivity index (χ0) is 17.1. The third kappa shape index (κ3) is 3.26. The van der Waals surface area contributed by atoms with Crippen molar-refractivity contribution in [1.82, 2.24) is 0 Å². The van der Waals surface area contributed by atoms with E-state index in [1.165, 1.54) is 21.9 Å². The van der Waals surface area contributed by atoms with Crippen LogP contribution in [0.3, 0.4) is 0 Å². The Bertz CT molecular complexity index is 891. The molecule has 0 fully saturated rings. The summed E-state index contributed by atoms with van der Waals surface area (Å²) in [5.41, 5.74) is 2.61. The van der Waals surface area contributed by atoms with E-state index in [4.69, 9.17) is 14.2 Å². The second-order valence-corrected chi connectivity index (χ2v) is 6.19. The van der Waals surface area contributed by atoms with Gasteiger partial charge in [0.15, 0.2) is 11.5 Å². The maximum Gasteiger partial charge on any atom is 0.231 e. The van der Waals surface area contributed by atoms with E-state index < -0.39 is 0 Å². The van der Waals surface area contributed by atoms with Crippen LogP contribution in [-0.2, 0) is 13.0 Å². The van der Waals surface area contributed by atoms with Crippen LogP contribution in [0.2, 0.25) is 0 Å². The standard InChI is InChI=1S/C21H21NO3/c1-23-19-9-7-16(17-4-2-3-5-18(17)19)13-22-11-10-15-6-8-20-21(12-15)25-14-24-20/h2-9,12,22H,10-11,13-14H2,1H3/p+1. The normalized spacial score (nSPS) is 12.5. The van der Waals surface area contributed by atoms with Gasteiger partial charge < -0.3 is 19.5 Å². The lowest BCUT2D eigenvalue weighted by atomic mass is 10.0. The molecule has 0 aromatic heterocycles. The zero-order valence-corrected chi connectivity index (χ0v) is 14.3. The monoisotopic (exact) mass is 336 g/mol. The van der Waals surface area contributed by atoms with Gasteiger partial charge in [-0.15, -0.1) is 0 Å². The van der Waals surface area contributed by atoms with Crippen LogP contribution in [0.5, 0.6) is 17.2 Å². The molecule has 0 saturated heterocycles. The van der Waals surface area contributed by atoms with Gasteiger partial charge in [0.1, 0.15) is 12.3 Å². The summed E-state index contributed by atoms with van der Waals surface area (Å²) < 4.78 is 16.3. The van der Waals surface area contributed by atoms with E-state index in [0.717, 1.165) is 36.8 Å². The highest BCUT2D eigenvalue weighted by Gasteiger charge is 2.13. The Kier molecular flexibility index (Phi) is 4.44. The molecule has 128 valence electrons. The molecule has 3 aromatic rings. The molecule has 1 aliphatic rings. The largest absolute Gasteiger partial charge is 0.496 e. The molecule has 0 unspecified atom stereocenters. The second kappa shape index (κ2) is 7.03. The van der Waals surface area contributed by atoms with Gasteiger partial charge in [-0.25, -0.2) is 0 Å². The molecule has 25 heavy (non-hydrogen) atoms. The third-order valence-corrected chi connectivity index (χ3v) is 4.63. The first-order valence-electron chi connectivity index (χ1n) is 8.60. The molecule has 0 spiro atoms. The maximum absolute atomic E-state index is 5.47. The third-order valence-electron chi connectivity index (χ3n) is 4.63. The van der Waals surface area contributed by atoms with Gasteiger partial charge in [-0.2, -0.15) is 0 Å². The van der Waals surface area contributed by atoms with Crippen LogP contribution in [0, 0.1) is 0 Å². The fourth-order valence-electron chi connectivity index (χ4n) is 3.31. The second-order valence-electron chi connectivity index (χ2n) is 6.19. The molecule has 0 saturated carbocycles. The van der Waals surface area contributed by atoms with Crippen LogP contribution in [0.25, 0.3) is 10.8 Å². The fourth-order valence-corrected chi connectivity index (χ4v) is 3.31. The van der Waals surface area contributed by atoms with Crippen molar-refractivity contribution in [1.29, 1.82) is 0 Å². The van der Waals surface area contributed by atoms with Crippen LogP contribution in [-0.4, -0.2) is 20.4 Å². The smallest absolute Gasteiger partial charge is 0.231 e. The minimum atomic E-state index is 0.329. The van der Waals surface area contributed by atoms with Gasteiger partial charge in [0.25, 0.3) is 0 Å². The van der Waals surface area contributed by atoms with Gasteiger partial charge in [0.05, 0.1) is 13.7 Å². The molecule has 1 aliphatic heterocycles. The Hall–Kier alpha value is -2.72. The Morgan fingerprint density at radius 3 is 2.68 bits per heavy atom. The van der Waals surface area contributed by atoms with Gasteiger partial charge in [0, 0.05) is 17.4 Å². The number of fused-ring (bicyclic) bond motifs is 2. The average Bonchev–Trinajstić information content (AvgIpc) is 3.13. The molecule has 1 heterocycles. The van der Waals surface area contributed by atoms with Crippen LogP contribution >= 0.6 is 0 Å². The van der Waals surface area contributed by atoms with Gasteiger partial charge in [-0.05, 0) is 35.2 Å². The first-order valence-corrected chi connectivity index (χ1v) is 8.60. The van der Waals surface area contributed by atoms with Crippen molar-refractivity contribution in [2.75, 3.05) is 20.4 Å². The number of quaternary nitrogens is 1. The van der Waals surface area contributed by atoms with E-state index in [1.54, 1.807) is 7.11 Å². The van der Waals surface area contributed by atoms with E-state index in [2.05, 4.69) is 53.8 Å². The summed E-state index contributed by atoms with van der Waals surface area (Å²) in [6.45, 7) is 2.31. The molecule has 0 radical (unpaired) electrons. The lowest BCUT2D eigenvalue weighted by Crippen LogP contribution is -2.83. The van der Waals surface area contributed by atoms with Crippen LogP contribution in [0.4, 0.5) is 0 Å². The number of ether oxygens (including phenoxy) is 3. The number of hydrogen-bond acceptors (Lipinski definition) is 3. The number of rotatable bonds is 6. The molecule has 0 atom stereocenters. The Morgan fingerprint density at radius 2 is 1.80 bits per heavy atom. The zero-order valence-electron chi connectivity index (χ0n) is 14.3. The van der Waals surface area contributed by atoms with Crippen molar-refractivity contribution in [2.24, 2.45) is 0 Å². The van der Waals surface area contributed by atoms with E-state index in [9.17, 15) is 0 Å². The highest BCUT2D eigenvalue weighted by atomic mass is 16.7. The van der Waals surface area contributed by atoms with Crippen LogP contribution in [0.1, 0.15) is 11.1 Å². The SMILES string of the molecule is COc1ccc(C[NH2+]CCc2ccc3c(c2)OCO3)c2ccccc12. The summed E-state index contributed by atoms with van der Waals surface area (Å²) in [5.74, 6) is 2.63. The first-order chi connectivity index (χ1) is 12.3. The average molecular weight is 336 g/mol. The molecular weight excluding hydrogens is 314 g/mol. The minimum Gasteiger partial charge on any atom is -0.496 e. The van der Waals surface area contributed by atoms with Crippen LogP contribution < -0.4 is 19.5 Å². The number of nitrogens with two attached hydrogens (primary N) is 1. The van der Waals surface area contributed by atoms with Crippen molar-refractivity contribution in [2.45, 2.75) is 13.0 Å². The summed E-state index contributed by atoms with van der Waals surface area (Å²) >= 11 is 0. The molecule has 0 bridgehead atoms. The van der Waals surface area contributed by atoms with E-state index in [0.29, 0.717) is 6.79 Å². The van der Waals surface area contributed by atoms with Gasteiger partial charge in [0.2, 0.25) is 6.79 Å². The maximum atomic E-state index is 5.47. The van der Waals surface area contributed by atoms with Crippen molar-refractivity contribution in [3.8, 4) is 17.2 Å². The topological polar surface area (TPSA) is 44.3 Å². The van der Waals surface area contributed by atoms with Crippen molar-refractivity contribution in [3.05, 3.63) is 65.7 Å². The fraction of sp³-hybridized carbons (Fsp3) is 0.238. The lowest BCUT2D eigenvalue weighted by Gasteiger charge is -2.10.